The van der Waals surface area contributed by atoms with Gasteiger partial charge in [-0.3, -0.25) is 4.79 Å². The van der Waals surface area contributed by atoms with Gasteiger partial charge in [-0.05, 0) is 36.8 Å². The molecule has 1 heterocycles. The van der Waals surface area contributed by atoms with Crippen molar-refractivity contribution in [3.05, 3.63) is 70.0 Å². The van der Waals surface area contributed by atoms with Crippen molar-refractivity contribution in [1.82, 2.24) is 4.98 Å². The molecule has 2 N–H and O–H groups in total. The molecule has 0 bridgehead atoms. The normalized spacial score (nSPS) is 10.8. The summed E-state index contributed by atoms with van der Waals surface area (Å²) in [5, 5.41) is 3.08. The van der Waals surface area contributed by atoms with Crippen molar-refractivity contribution in [2.24, 2.45) is 0 Å². The van der Waals surface area contributed by atoms with Crippen LogP contribution < -0.4 is 10.7 Å². The van der Waals surface area contributed by atoms with E-state index in [4.69, 9.17) is 0 Å². The fourth-order valence-electron chi connectivity index (χ4n) is 2.24. The van der Waals surface area contributed by atoms with Crippen LogP contribution in [-0.4, -0.2) is 4.98 Å². The van der Waals surface area contributed by atoms with Gasteiger partial charge in [0.05, 0.1) is 22.3 Å². The highest BCUT2D eigenvalue weighted by molar-refractivity contribution is 5.93. The van der Waals surface area contributed by atoms with Crippen LogP contribution in [0.3, 0.4) is 0 Å². The van der Waals surface area contributed by atoms with Gasteiger partial charge in [-0.2, -0.15) is 0 Å². The van der Waals surface area contributed by atoms with Crippen LogP contribution in [0.5, 0.6) is 0 Å². The molecule has 0 aliphatic heterocycles. The number of rotatable bonds is 2. The number of halogens is 2. The molecule has 0 atom stereocenters. The minimum Gasteiger partial charge on any atom is -0.361 e. The van der Waals surface area contributed by atoms with Gasteiger partial charge in [-0.25, -0.2) is 8.78 Å². The second-order valence-corrected chi connectivity index (χ2v) is 4.83. The van der Waals surface area contributed by atoms with Gasteiger partial charge < -0.3 is 10.3 Å². The molecule has 0 aliphatic rings. The fraction of sp³-hybridized carbons (Fsp3) is 0.0625. The maximum atomic E-state index is 13.9. The Morgan fingerprint density at radius 1 is 1.05 bits per heavy atom. The average Bonchev–Trinajstić information content (AvgIpc) is 2.41. The number of hydrogen-bond acceptors (Lipinski definition) is 2. The largest absolute Gasteiger partial charge is 0.361 e. The van der Waals surface area contributed by atoms with E-state index in [0.29, 0.717) is 10.9 Å². The molecule has 0 amide bonds. The summed E-state index contributed by atoms with van der Waals surface area (Å²) in [6.07, 6.45) is 1.44. The highest BCUT2D eigenvalue weighted by atomic mass is 19.1. The molecule has 21 heavy (non-hydrogen) atoms. The molecule has 2 aromatic carbocycles. The van der Waals surface area contributed by atoms with Crippen LogP contribution >= 0.6 is 0 Å². The Balaban J connectivity index is 2.18. The van der Waals surface area contributed by atoms with Gasteiger partial charge in [0.1, 0.15) is 11.6 Å². The average molecular weight is 286 g/mol. The maximum Gasteiger partial charge on any atom is 0.191 e. The minimum atomic E-state index is -0.514. The third kappa shape index (κ3) is 2.50. The number of hydrogen-bond donors (Lipinski definition) is 2. The molecule has 1 aromatic heterocycles. The van der Waals surface area contributed by atoms with Crippen LogP contribution in [0.25, 0.3) is 10.9 Å². The molecule has 0 radical (unpaired) electrons. The lowest BCUT2D eigenvalue weighted by Crippen LogP contribution is -2.05. The van der Waals surface area contributed by atoms with Crippen LogP contribution in [0.4, 0.5) is 20.2 Å². The van der Waals surface area contributed by atoms with Crippen molar-refractivity contribution in [3.8, 4) is 0 Å². The quantitative estimate of drug-likeness (QED) is 0.751. The van der Waals surface area contributed by atoms with Gasteiger partial charge >= 0.3 is 0 Å². The first-order valence-electron chi connectivity index (χ1n) is 6.39. The van der Waals surface area contributed by atoms with E-state index in [-0.39, 0.29) is 16.8 Å². The van der Waals surface area contributed by atoms with Crippen molar-refractivity contribution < 1.29 is 8.78 Å². The molecule has 0 fully saturated rings. The molecule has 0 aliphatic carbocycles. The summed E-state index contributed by atoms with van der Waals surface area (Å²) in [5.74, 6) is -0.973. The van der Waals surface area contributed by atoms with Crippen molar-refractivity contribution in [2.45, 2.75) is 6.92 Å². The third-order valence-electron chi connectivity index (χ3n) is 3.22. The molecule has 106 valence electrons. The van der Waals surface area contributed by atoms with E-state index >= 15 is 0 Å². The lowest BCUT2D eigenvalue weighted by atomic mass is 10.1. The maximum absolute atomic E-state index is 13.9. The second kappa shape index (κ2) is 5.01. The summed E-state index contributed by atoms with van der Waals surface area (Å²) in [6.45, 7) is 1.77. The smallest absolute Gasteiger partial charge is 0.191 e. The van der Waals surface area contributed by atoms with Gasteiger partial charge in [0.25, 0.3) is 0 Å². The standard InChI is InChI=1S/C16H12F2N2O/c1-9-2-3-12(11(18)6-9)20-14-8-10(17)7-13-16(14)15(21)4-5-19-13/h2-8,20H,1H3,(H,19,21). The van der Waals surface area contributed by atoms with Crippen molar-refractivity contribution in [3.63, 3.8) is 0 Å². The number of aromatic amines is 1. The zero-order valence-corrected chi connectivity index (χ0v) is 11.2. The van der Waals surface area contributed by atoms with E-state index in [9.17, 15) is 13.6 Å². The van der Waals surface area contributed by atoms with Crippen LogP contribution in [0.2, 0.25) is 0 Å². The van der Waals surface area contributed by atoms with E-state index in [1.807, 2.05) is 0 Å². The fourth-order valence-corrected chi connectivity index (χ4v) is 2.24. The Hall–Kier alpha value is -2.69. The second-order valence-electron chi connectivity index (χ2n) is 4.83. The predicted octanol–water partition coefficient (Wildman–Crippen LogP) is 3.86. The Labute approximate surface area is 119 Å². The van der Waals surface area contributed by atoms with Gasteiger partial charge in [-0.1, -0.05) is 6.07 Å². The first-order valence-corrected chi connectivity index (χ1v) is 6.39. The highest BCUT2D eigenvalue weighted by Gasteiger charge is 2.10. The Morgan fingerprint density at radius 2 is 1.86 bits per heavy atom. The number of H-pyrrole nitrogens is 1. The summed E-state index contributed by atoms with van der Waals surface area (Å²) in [7, 11) is 0. The molecular formula is C16H12F2N2O. The molecule has 5 heteroatoms. The van der Waals surface area contributed by atoms with E-state index < -0.39 is 11.6 Å². The van der Waals surface area contributed by atoms with Gasteiger partial charge in [0.2, 0.25) is 0 Å². The summed E-state index contributed by atoms with van der Waals surface area (Å²) in [4.78, 5) is 14.8. The Morgan fingerprint density at radius 3 is 2.62 bits per heavy atom. The van der Waals surface area contributed by atoms with E-state index in [0.717, 1.165) is 5.56 Å². The summed E-state index contributed by atoms with van der Waals surface area (Å²) >= 11 is 0. The van der Waals surface area contributed by atoms with E-state index in [1.54, 1.807) is 19.1 Å². The summed E-state index contributed by atoms with van der Waals surface area (Å²) < 4.78 is 27.5. The number of aromatic nitrogens is 1. The van der Waals surface area contributed by atoms with Crippen LogP contribution in [-0.2, 0) is 0 Å². The van der Waals surface area contributed by atoms with Crippen LogP contribution in [0.1, 0.15) is 5.56 Å². The molecule has 3 rings (SSSR count). The zero-order valence-electron chi connectivity index (χ0n) is 11.2. The third-order valence-corrected chi connectivity index (χ3v) is 3.22. The number of fused-ring (bicyclic) bond motifs is 1. The van der Waals surface area contributed by atoms with Crippen molar-refractivity contribution >= 4 is 22.3 Å². The van der Waals surface area contributed by atoms with Crippen molar-refractivity contribution in [2.75, 3.05) is 5.32 Å². The number of benzene rings is 2. The van der Waals surface area contributed by atoms with Crippen LogP contribution in [0.15, 0.2) is 47.4 Å². The lowest BCUT2D eigenvalue weighted by molar-refractivity contribution is 0.627. The number of nitrogens with one attached hydrogen (secondary N) is 2. The molecular weight excluding hydrogens is 274 g/mol. The Bertz CT molecular complexity index is 887. The van der Waals surface area contributed by atoms with Gasteiger partial charge in [0, 0.05) is 12.3 Å². The number of pyridine rings is 1. The molecule has 0 spiro atoms. The topological polar surface area (TPSA) is 44.9 Å². The van der Waals surface area contributed by atoms with Crippen LogP contribution in [0, 0.1) is 18.6 Å². The lowest BCUT2D eigenvalue weighted by Gasteiger charge is -2.11. The summed E-state index contributed by atoms with van der Waals surface area (Å²) in [5.41, 5.74) is 1.29. The summed E-state index contributed by atoms with van der Waals surface area (Å²) in [6, 6.07) is 8.41. The SMILES string of the molecule is Cc1ccc(Nc2cc(F)cc3[nH]ccc(=O)c23)c(F)c1. The zero-order chi connectivity index (χ0) is 15.0. The van der Waals surface area contributed by atoms with Gasteiger partial charge in [-0.15, -0.1) is 0 Å². The molecule has 0 saturated heterocycles. The van der Waals surface area contributed by atoms with Crippen molar-refractivity contribution in [1.29, 1.82) is 0 Å². The minimum absolute atomic E-state index is 0.191. The van der Waals surface area contributed by atoms with Gasteiger partial charge in [0.15, 0.2) is 5.43 Å². The molecule has 3 aromatic rings. The van der Waals surface area contributed by atoms with E-state index in [2.05, 4.69) is 10.3 Å². The molecule has 0 unspecified atom stereocenters. The molecule has 3 nitrogen and oxygen atoms in total. The highest BCUT2D eigenvalue weighted by Crippen LogP contribution is 2.26. The first-order chi connectivity index (χ1) is 10.0. The van der Waals surface area contributed by atoms with E-state index in [1.165, 1.54) is 30.5 Å². The molecule has 0 saturated carbocycles. The predicted molar refractivity (Wildman–Crippen MR) is 78.9 cm³/mol. The first kappa shape index (κ1) is 13.3. The monoisotopic (exact) mass is 286 g/mol. The number of anilines is 2. The number of aryl methyl sites for hydroxylation is 1. The Kier molecular flexibility index (Phi) is 3.17.